The highest BCUT2D eigenvalue weighted by molar-refractivity contribution is 5.94. The number of hydrazone groups is 1. The molecule has 4 nitrogen and oxygen atoms in total. The smallest absolute Gasteiger partial charge is 0.336 e. The van der Waals surface area contributed by atoms with Crippen molar-refractivity contribution < 1.29 is 4.79 Å². The summed E-state index contributed by atoms with van der Waals surface area (Å²) in [5.74, 6) is 3.01. The fraction of sp³-hybridized carbons (Fsp3) is 0.692. The van der Waals surface area contributed by atoms with E-state index in [4.69, 9.17) is 5.10 Å². The van der Waals surface area contributed by atoms with E-state index in [2.05, 4.69) is 42.6 Å². The van der Waals surface area contributed by atoms with Gasteiger partial charge < -0.3 is 5.32 Å². The van der Waals surface area contributed by atoms with Crippen molar-refractivity contribution in [3.63, 3.8) is 0 Å². The van der Waals surface area contributed by atoms with Crippen molar-refractivity contribution >= 4 is 11.7 Å². The van der Waals surface area contributed by atoms with Crippen molar-refractivity contribution in [2.45, 2.75) is 77.0 Å². The highest BCUT2D eigenvalue weighted by Gasteiger charge is 2.51. The van der Waals surface area contributed by atoms with E-state index in [9.17, 15) is 4.79 Å². The molecular formula is C26H37N3O. The first-order valence-electron chi connectivity index (χ1n) is 12.3. The van der Waals surface area contributed by atoms with Crippen LogP contribution in [0.1, 0.15) is 82.6 Å². The Balaban J connectivity index is 1.24. The van der Waals surface area contributed by atoms with Gasteiger partial charge in [-0.15, -0.1) is 0 Å². The topological polar surface area (TPSA) is 44.7 Å². The molecule has 0 saturated heterocycles. The molecule has 4 fully saturated rings. The van der Waals surface area contributed by atoms with Gasteiger partial charge in [0.15, 0.2) is 0 Å². The highest BCUT2D eigenvalue weighted by atomic mass is 16.2. The predicted octanol–water partition coefficient (Wildman–Crippen LogP) is 5.95. The van der Waals surface area contributed by atoms with E-state index >= 15 is 0 Å². The summed E-state index contributed by atoms with van der Waals surface area (Å²) in [6, 6.07) is 10.6. The van der Waals surface area contributed by atoms with Crippen molar-refractivity contribution in [2.24, 2.45) is 28.3 Å². The lowest BCUT2D eigenvalue weighted by Gasteiger charge is -2.56. The summed E-state index contributed by atoms with van der Waals surface area (Å²) < 4.78 is 0. The van der Waals surface area contributed by atoms with E-state index in [-0.39, 0.29) is 11.9 Å². The third-order valence-electron chi connectivity index (χ3n) is 8.26. The van der Waals surface area contributed by atoms with Gasteiger partial charge in [-0.3, -0.25) is 0 Å². The standard InChI is InChI=1S/C26H37N3O/c1-2-3-5-10-24-23(22-8-6-4-7-9-22)17-29(28-24)25(30)27-18-26-14-19-11-20(15-26)13-21(12-19)16-26/h4,6-9,19-21,23H,2-3,5,10-18H2,1H3,(H,27,30). The molecule has 1 aliphatic heterocycles. The second kappa shape index (κ2) is 8.36. The minimum Gasteiger partial charge on any atom is -0.336 e. The lowest BCUT2D eigenvalue weighted by molar-refractivity contribution is -0.0502. The van der Waals surface area contributed by atoms with Crippen molar-refractivity contribution in [3.05, 3.63) is 35.9 Å². The van der Waals surface area contributed by atoms with Crippen LogP contribution in [0.3, 0.4) is 0 Å². The number of hydrogen-bond donors (Lipinski definition) is 1. The van der Waals surface area contributed by atoms with Crippen LogP contribution in [0.2, 0.25) is 0 Å². The molecule has 4 bridgehead atoms. The number of urea groups is 1. The summed E-state index contributed by atoms with van der Waals surface area (Å²) in [5.41, 5.74) is 2.83. The van der Waals surface area contributed by atoms with Crippen LogP contribution in [0.25, 0.3) is 0 Å². The lowest BCUT2D eigenvalue weighted by Crippen LogP contribution is -2.52. The first-order chi connectivity index (χ1) is 14.6. The van der Waals surface area contributed by atoms with E-state index in [1.54, 1.807) is 5.01 Å². The number of nitrogens with zero attached hydrogens (tertiary/aromatic N) is 2. The Kier molecular flexibility index (Phi) is 5.59. The Morgan fingerprint density at radius 2 is 1.73 bits per heavy atom. The number of unbranched alkanes of at least 4 members (excludes halogenated alkanes) is 2. The first-order valence-corrected chi connectivity index (χ1v) is 12.3. The zero-order valence-electron chi connectivity index (χ0n) is 18.5. The summed E-state index contributed by atoms with van der Waals surface area (Å²) in [7, 11) is 0. The van der Waals surface area contributed by atoms with Gasteiger partial charge in [0.2, 0.25) is 0 Å². The van der Waals surface area contributed by atoms with E-state index in [1.165, 1.54) is 62.6 Å². The quantitative estimate of drug-likeness (QED) is 0.558. The molecule has 2 amide bonds. The van der Waals surface area contributed by atoms with Crippen LogP contribution in [-0.4, -0.2) is 29.8 Å². The molecule has 1 aromatic rings. The number of amides is 2. The summed E-state index contributed by atoms with van der Waals surface area (Å²) in [5, 5.41) is 9.86. The van der Waals surface area contributed by atoms with Gasteiger partial charge >= 0.3 is 6.03 Å². The molecule has 1 N–H and O–H groups in total. The fourth-order valence-corrected chi connectivity index (χ4v) is 7.30. The summed E-state index contributed by atoms with van der Waals surface area (Å²) in [4.78, 5) is 13.1. The Morgan fingerprint density at radius 1 is 1.07 bits per heavy atom. The Morgan fingerprint density at radius 3 is 2.37 bits per heavy atom. The van der Waals surface area contributed by atoms with E-state index in [0.717, 1.165) is 37.1 Å². The number of nitrogens with one attached hydrogen (secondary N) is 1. The summed E-state index contributed by atoms with van der Waals surface area (Å²) in [6.45, 7) is 3.76. The van der Waals surface area contributed by atoms with Crippen LogP contribution in [0, 0.1) is 23.2 Å². The highest BCUT2D eigenvalue weighted by Crippen LogP contribution is 2.59. The Hall–Kier alpha value is -1.84. The third kappa shape index (κ3) is 4.02. The lowest BCUT2D eigenvalue weighted by atomic mass is 9.49. The van der Waals surface area contributed by atoms with Crippen molar-refractivity contribution in [1.29, 1.82) is 0 Å². The van der Waals surface area contributed by atoms with E-state index in [0.29, 0.717) is 12.0 Å². The van der Waals surface area contributed by atoms with Gasteiger partial charge in [-0.05, 0) is 80.1 Å². The number of benzene rings is 1. The van der Waals surface area contributed by atoms with Crippen LogP contribution in [0.5, 0.6) is 0 Å². The molecule has 5 aliphatic rings. The van der Waals surface area contributed by atoms with Gasteiger partial charge in [0.25, 0.3) is 0 Å². The van der Waals surface area contributed by atoms with E-state index < -0.39 is 0 Å². The van der Waals surface area contributed by atoms with Crippen LogP contribution < -0.4 is 5.32 Å². The second-order valence-corrected chi connectivity index (χ2v) is 10.7. The number of carbonyl (C=O) groups is 1. The van der Waals surface area contributed by atoms with Crippen molar-refractivity contribution in [3.8, 4) is 0 Å². The van der Waals surface area contributed by atoms with Gasteiger partial charge in [0.1, 0.15) is 0 Å². The molecule has 4 heteroatoms. The summed E-state index contributed by atoms with van der Waals surface area (Å²) in [6.07, 6.45) is 12.9. The molecule has 1 atom stereocenters. The van der Waals surface area contributed by atoms with Crippen molar-refractivity contribution in [1.82, 2.24) is 10.3 Å². The van der Waals surface area contributed by atoms with Gasteiger partial charge in [-0.2, -0.15) is 5.10 Å². The van der Waals surface area contributed by atoms with Gasteiger partial charge in [-0.25, -0.2) is 9.80 Å². The van der Waals surface area contributed by atoms with Gasteiger partial charge in [0, 0.05) is 18.2 Å². The maximum atomic E-state index is 13.1. The molecule has 0 spiro atoms. The Labute approximate surface area is 181 Å². The van der Waals surface area contributed by atoms with E-state index in [1.807, 2.05) is 0 Å². The zero-order valence-corrected chi connectivity index (χ0v) is 18.5. The van der Waals surface area contributed by atoms with Gasteiger partial charge in [0.05, 0.1) is 6.54 Å². The number of carbonyl (C=O) groups excluding carboxylic acids is 1. The summed E-state index contributed by atoms with van der Waals surface area (Å²) >= 11 is 0. The SMILES string of the molecule is CCCCCC1=NN(C(=O)NCC23CC4CC(CC(C4)C2)C3)CC1c1ccccc1. The fourth-order valence-electron chi connectivity index (χ4n) is 7.30. The van der Waals surface area contributed by atoms with Crippen LogP contribution >= 0.6 is 0 Å². The predicted molar refractivity (Wildman–Crippen MR) is 121 cm³/mol. The number of rotatable bonds is 7. The largest absolute Gasteiger partial charge is 0.337 e. The molecule has 1 unspecified atom stereocenters. The van der Waals surface area contributed by atoms with Crippen LogP contribution in [0.15, 0.2) is 35.4 Å². The minimum absolute atomic E-state index is 0.0113. The third-order valence-corrected chi connectivity index (χ3v) is 8.26. The maximum Gasteiger partial charge on any atom is 0.337 e. The molecule has 6 rings (SSSR count). The molecule has 1 aromatic carbocycles. The number of hydrogen-bond acceptors (Lipinski definition) is 2. The molecule has 1 heterocycles. The van der Waals surface area contributed by atoms with Crippen molar-refractivity contribution in [2.75, 3.05) is 13.1 Å². The Bertz CT molecular complexity index is 751. The first kappa shape index (κ1) is 20.1. The van der Waals surface area contributed by atoms with Crippen LogP contribution in [-0.2, 0) is 0 Å². The van der Waals surface area contributed by atoms with Crippen LogP contribution in [0.4, 0.5) is 4.79 Å². The minimum atomic E-state index is 0.0113. The zero-order chi connectivity index (χ0) is 20.6. The second-order valence-electron chi connectivity index (χ2n) is 10.7. The monoisotopic (exact) mass is 407 g/mol. The molecule has 0 radical (unpaired) electrons. The molecule has 4 saturated carbocycles. The molecular weight excluding hydrogens is 370 g/mol. The normalized spacial score (nSPS) is 34.3. The van der Waals surface area contributed by atoms with Gasteiger partial charge in [-0.1, -0.05) is 50.1 Å². The molecule has 0 aromatic heterocycles. The molecule has 162 valence electrons. The average Bonchev–Trinajstić information content (AvgIpc) is 3.16. The molecule has 4 aliphatic carbocycles. The average molecular weight is 408 g/mol. The molecule has 30 heavy (non-hydrogen) atoms. The maximum absolute atomic E-state index is 13.1.